The van der Waals surface area contributed by atoms with Crippen LogP contribution in [0.4, 0.5) is 5.69 Å². The Labute approximate surface area is 130 Å². The minimum absolute atomic E-state index is 0.0833. The summed E-state index contributed by atoms with van der Waals surface area (Å²) in [5.41, 5.74) is -0.0102. The molecule has 0 bridgehead atoms. The van der Waals surface area contributed by atoms with Crippen molar-refractivity contribution in [2.45, 2.75) is 4.90 Å². The third kappa shape index (κ3) is 3.44. The van der Waals surface area contributed by atoms with Gasteiger partial charge in [0.05, 0.1) is 16.3 Å². The number of aromatic carboxylic acids is 1. The highest BCUT2D eigenvalue weighted by molar-refractivity contribution is 7.92. The predicted molar refractivity (Wildman–Crippen MR) is 78.5 cm³/mol. The second-order valence-corrected chi connectivity index (χ2v) is 6.31. The Bertz CT molecular complexity index is 809. The molecule has 6 nitrogen and oxygen atoms in total. The average Bonchev–Trinajstić information content (AvgIpc) is 2.38. The fraction of sp³-hybridized carbons (Fsp3) is 0. The van der Waals surface area contributed by atoms with Crippen LogP contribution in [0.2, 0.25) is 10.2 Å². The van der Waals surface area contributed by atoms with Crippen molar-refractivity contribution in [3.8, 4) is 0 Å². The number of pyridine rings is 1. The molecule has 1 aromatic carbocycles. The van der Waals surface area contributed by atoms with Crippen molar-refractivity contribution in [1.82, 2.24) is 4.98 Å². The largest absolute Gasteiger partial charge is 0.478 e. The molecule has 110 valence electrons. The second kappa shape index (κ2) is 5.88. The summed E-state index contributed by atoms with van der Waals surface area (Å²) in [6.07, 6.45) is 1.36. The average molecular weight is 347 g/mol. The maximum absolute atomic E-state index is 12.2. The van der Waals surface area contributed by atoms with E-state index in [0.29, 0.717) is 0 Å². The van der Waals surface area contributed by atoms with E-state index < -0.39 is 16.0 Å². The quantitative estimate of drug-likeness (QED) is 0.829. The normalized spacial score (nSPS) is 11.1. The van der Waals surface area contributed by atoms with Crippen LogP contribution in [-0.4, -0.2) is 24.5 Å². The number of rotatable bonds is 4. The maximum Gasteiger partial charge on any atom is 0.337 e. The number of carbonyl (C=O) groups is 1. The number of nitrogens with zero attached hydrogens (tertiary/aromatic N) is 1. The fourth-order valence-corrected chi connectivity index (χ4v) is 3.30. The lowest BCUT2D eigenvalue weighted by atomic mass is 10.2. The highest BCUT2D eigenvalue weighted by atomic mass is 35.5. The zero-order chi connectivity index (χ0) is 15.6. The maximum atomic E-state index is 12.2. The molecule has 2 aromatic rings. The van der Waals surface area contributed by atoms with Crippen LogP contribution < -0.4 is 4.72 Å². The van der Waals surface area contributed by atoms with E-state index in [9.17, 15) is 13.2 Å². The molecule has 1 heterocycles. The second-order valence-electron chi connectivity index (χ2n) is 3.90. The molecule has 0 radical (unpaired) electrons. The Morgan fingerprint density at radius 2 is 1.95 bits per heavy atom. The summed E-state index contributed by atoms with van der Waals surface area (Å²) in [6.45, 7) is 0. The number of carboxylic acid groups (broad SMARTS) is 1. The van der Waals surface area contributed by atoms with Crippen LogP contribution in [0.1, 0.15) is 10.4 Å². The summed E-state index contributed by atoms with van der Waals surface area (Å²) < 4.78 is 26.6. The lowest BCUT2D eigenvalue weighted by Gasteiger charge is -2.09. The van der Waals surface area contributed by atoms with Gasteiger partial charge in [0.25, 0.3) is 10.0 Å². The molecule has 0 amide bonds. The Balaban J connectivity index is 2.36. The number of nitrogens with one attached hydrogen (secondary N) is 1. The van der Waals surface area contributed by atoms with Crippen molar-refractivity contribution < 1.29 is 18.3 Å². The van der Waals surface area contributed by atoms with Gasteiger partial charge in [0.15, 0.2) is 0 Å². The third-order valence-corrected chi connectivity index (χ3v) is 4.60. The number of sulfonamides is 1. The standard InChI is InChI=1S/C12H8Cl2N2O4S/c13-9-6-7(3-4-8(9)12(17)18)16-21(19,20)10-2-1-5-15-11(10)14/h1-6,16H,(H,17,18). The molecule has 0 unspecified atom stereocenters. The fourth-order valence-electron chi connectivity index (χ4n) is 1.53. The van der Waals surface area contributed by atoms with Crippen LogP contribution in [-0.2, 0) is 10.0 Å². The molecule has 0 aliphatic rings. The molecule has 0 saturated carbocycles. The molecule has 0 spiro atoms. The summed E-state index contributed by atoms with van der Waals surface area (Å²) >= 11 is 11.5. The highest BCUT2D eigenvalue weighted by Gasteiger charge is 2.19. The molecular weight excluding hydrogens is 339 g/mol. The molecule has 1 aromatic heterocycles. The third-order valence-electron chi connectivity index (χ3n) is 2.47. The zero-order valence-corrected chi connectivity index (χ0v) is 12.6. The van der Waals surface area contributed by atoms with Gasteiger partial charge in [-0.1, -0.05) is 23.2 Å². The lowest BCUT2D eigenvalue weighted by Crippen LogP contribution is -2.14. The smallest absolute Gasteiger partial charge is 0.337 e. The Kier molecular flexibility index (Phi) is 4.36. The van der Waals surface area contributed by atoms with E-state index in [2.05, 4.69) is 9.71 Å². The van der Waals surface area contributed by atoms with Gasteiger partial charge in [-0.3, -0.25) is 4.72 Å². The molecule has 0 atom stereocenters. The van der Waals surface area contributed by atoms with E-state index in [1.807, 2.05) is 0 Å². The summed E-state index contributed by atoms with van der Waals surface area (Å²) in [6, 6.07) is 6.42. The van der Waals surface area contributed by atoms with E-state index in [0.717, 1.165) is 0 Å². The molecule has 0 fully saturated rings. The number of hydrogen-bond acceptors (Lipinski definition) is 4. The molecule has 2 rings (SSSR count). The molecule has 9 heteroatoms. The first-order valence-electron chi connectivity index (χ1n) is 5.47. The van der Waals surface area contributed by atoms with E-state index in [1.165, 1.54) is 36.5 Å². The molecule has 0 saturated heterocycles. The Morgan fingerprint density at radius 1 is 1.24 bits per heavy atom. The number of aromatic nitrogens is 1. The number of halogens is 2. The number of carboxylic acids is 1. The monoisotopic (exact) mass is 346 g/mol. The Morgan fingerprint density at radius 3 is 2.52 bits per heavy atom. The predicted octanol–water partition coefficient (Wildman–Crippen LogP) is 2.89. The number of hydrogen-bond donors (Lipinski definition) is 2. The summed E-state index contributed by atoms with van der Waals surface area (Å²) in [5, 5.41) is 8.60. The van der Waals surface area contributed by atoms with Crippen LogP contribution in [0.5, 0.6) is 0 Å². The molecular formula is C12H8Cl2N2O4S. The van der Waals surface area contributed by atoms with Crippen LogP contribution in [0, 0.1) is 0 Å². The molecule has 0 aliphatic carbocycles. The minimum atomic E-state index is -3.94. The molecule has 2 N–H and O–H groups in total. The van der Waals surface area contributed by atoms with Crippen LogP contribution in [0.15, 0.2) is 41.4 Å². The Hall–Kier alpha value is -1.83. The van der Waals surface area contributed by atoms with Crippen molar-refractivity contribution in [3.63, 3.8) is 0 Å². The van der Waals surface area contributed by atoms with Crippen molar-refractivity contribution >= 4 is 44.9 Å². The summed E-state index contributed by atoms with van der Waals surface area (Å²) in [5.74, 6) is -1.20. The SMILES string of the molecule is O=C(O)c1ccc(NS(=O)(=O)c2cccnc2Cl)cc1Cl. The van der Waals surface area contributed by atoms with Crippen molar-refractivity contribution in [2.24, 2.45) is 0 Å². The van der Waals surface area contributed by atoms with Crippen molar-refractivity contribution in [3.05, 3.63) is 52.3 Å². The van der Waals surface area contributed by atoms with Gasteiger partial charge in [-0.2, -0.15) is 0 Å². The van der Waals surface area contributed by atoms with Crippen LogP contribution >= 0.6 is 23.2 Å². The van der Waals surface area contributed by atoms with E-state index in [4.69, 9.17) is 28.3 Å². The highest BCUT2D eigenvalue weighted by Crippen LogP contribution is 2.25. The van der Waals surface area contributed by atoms with E-state index in [-0.39, 0.29) is 26.3 Å². The van der Waals surface area contributed by atoms with E-state index in [1.54, 1.807) is 0 Å². The van der Waals surface area contributed by atoms with Gasteiger partial charge in [0.2, 0.25) is 0 Å². The summed E-state index contributed by atoms with van der Waals surface area (Å²) in [7, 11) is -3.94. The number of benzene rings is 1. The summed E-state index contributed by atoms with van der Waals surface area (Å²) in [4.78, 5) is 14.3. The first-order valence-corrected chi connectivity index (χ1v) is 7.71. The van der Waals surface area contributed by atoms with Gasteiger partial charge < -0.3 is 5.11 Å². The van der Waals surface area contributed by atoms with Gasteiger partial charge in [-0.05, 0) is 30.3 Å². The minimum Gasteiger partial charge on any atom is -0.478 e. The van der Waals surface area contributed by atoms with Crippen LogP contribution in [0.25, 0.3) is 0 Å². The molecule has 21 heavy (non-hydrogen) atoms. The van der Waals surface area contributed by atoms with Gasteiger partial charge in [0.1, 0.15) is 10.0 Å². The first kappa shape index (κ1) is 15.6. The van der Waals surface area contributed by atoms with E-state index >= 15 is 0 Å². The van der Waals surface area contributed by atoms with Gasteiger partial charge in [-0.15, -0.1) is 0 Å². The number of anilines is 1. The van der Waals surface area contributed by atoms with Gasteiger partial charge in [-0.25, -0.2) is 18.2 Å². The van der Waals surface area contributed by atoms with Crippen molar-refractivity contribution in [1.29, 1.82) is 0 Å². The van der Waals surface area contributed by atoms with Crippen molar-refractivity contribution in [2.75, 3.05) is 4.72 Å². The topological polar surface area (TPSA) is 96.4 Å². The van der Waals surface area contributed by atoms with Gasteiger partial charge >= 0.3 is 5.97 Å². The lowest BCUT2D eigenvalue weighted by molar-refractivity contribution is 0.0697. The molecule has 0 aliphatic heterocycles. The van der Waals surface area contributed by atoms with Crippen LogP contribution in [0.3, 0.4) is 0 Å². The first-order chi connectivity index (χ1) is 9.81. The van der Waals surface area contributed by atoms with Gasteiger partial charge in [0, 0.05) is 6.20 Å². The zero-order valence-electron chi connectivity index (χ0n) is 10.2.